The summed E-state index contributed by atoms with van der Waals surface area (Å²) in [4.78, 5) is 27.8. The average Bonchev–Trinajstić information content (AvgIpc) is 3.04. The van der Waals surface area contributed by atoms with Crippen molar-refractivity contribution in [2.24, 2.45) is 5.92 Å². The van der Waals surface area contributed by atoms with Crippen LogP contribution in [0, 0.1) is 11.7 Å². The monoisotopic (exact) mass is 391 g/mol. The highest BCUT2D eigenvalue weighted by Gasteiger charge is 2.39. The fraction of sp³-hybridized carbons (Fsp3) is 0.600. The van der Waals surface area contributed by atoms with Crippen molar-refractivity contribution in [1.82, 2.24) is 10.2 Å². The molecule has 0 bridgehead atoms. The summed E-state index contributed by atoms with van der Waals surface area (Å²) >= 11 is 0. The Balaban J connectivity index is 1.43. The number of hydrogen-bond donors (Lipinski definition) is 1. The van der Waals surface area contributed by atoms with Crippen molar-refractivity contribution in [3.05, 3.63) is 24.0 Å². The first-order valence-electron chi connectivity index (χ1n) is 9.89. The molecule has 7 nitrogen and oxygen atoms in total. The molecule has 2 saturated heterocycles. The van der Waals surface area contributed by atoms with Gasteiger partial charge in [0.25, 0.3) is 0 Å². The number of benzene rings is 1. The Hall–Kier alpha value is -2.35. The van der Waals surface area contributed by atoms with E-state index in [4.69, 9.17) is 9.47 Å². The highest BCUT2D eigenvalue weighted by molar-refractivity contribution is 5.95. The lowest BCUT2D eigenvalue weighted by Gasteiger charge is -2.28. The Bertz CT molecular complexity index is 751. The minimum atomic E-state index is -0.424. The third kappa shape index (κ3) is 3.78. The van der Waals surface area contributed by atoms with E-state index in [0.717, 1.165) is 25.9 Å². The standard InChI is InChI=1S/C20H26FN3O4/c1-27-19(25)13-2-4-17(5-3-13)28-18-9-14(21)8-15(10-18)24-12-16-11-22-6-7-23(16)20(24)26/h8-10,13,16-17,22H,2-7,11-12H2,1H3/t13-,16-,17+/m0/s1. The normalized spacial score (nSPS) is 27.5. The van der Waals surface area contributed by atoms with Gasteiger partial charge >= 0.3 is 12.0 Å². The number of halogens is 1. The van der Waals surface area contributed by atoms with Gasteiger partial charge in [0, 0.05) is 38.3 Å². The molecule has 1 aromatic rings. The number of carbonyl (C=O) groups is 2. The lowest BCUT2D eigenvalue weighted by molar-refractivity contribution is -0.147. The van der Waals surface area contributed by atoms with Gasteiger partial charge in [-0.2, -0.15) is 0 Å². The van der Waals surface area contributed by atoms with Crippen LogP contribution in [0.2, 0.25) is 0 Å². The molecule has 28 heavy (non-hydrogen) atoms. The van der Waals surface area contributed by atoms with Crippen LogP contribution >= 0.6 is 0 Å². The molecule has 1 aliphatic carbocycles. The molecule has 2 aliphatic heterocycles. The van der Waals surface area contributed by atoms with Crippen LogP contribution in [0.1, 0.15) is 25.7 Å². The van der Waals surface area contributed by atoms with Gasteiger partial charge in [0.15, 0.2) is 0 Å². The van der Waals surface area contributed by atoms with Crippen LogP contribution in [0.15, 0.2) is 18.2 Å². The van der Waals surface area contributed by atoms with E-state index >= 15 is 0 Å². The predicted octanol–water partition coefficient (Wildman–Crippen LogP) is 2.15. The van der Waals surface area contributed by atoms with Gasteiger partial charge < -0.3 is 19.7 Å². The Morgan fingerprint density at radius 2 is 2.00 bits per heavy atom. The van der Waals surface area contributed by atoms with Crippen LogP contribution in [0.4, 0.5) is 14.9 Å². The van der Waals surface area contributed by atoms with Crippen LogP contribution in [-0.4, -0.2) is 62.3 Å². The van der Waals surface area contributed by atoms with Crippen molar-refractivity contribution in [3.8, 4) is 5.75 Å². The quantitative estimate of drug-likeness (QED) is 0.797. The van der Waals surface area contributed by atoms with Crippen LogP contribution < -0.4 is 15.0 Å². The molecular formula is C20H26FN3O4. The predicted molar refractivity (Wildman–Crippen MR) is 101 cm³/mol. The number of esters is 1. The second-order valence-corrected chi connectivity index (χ2v) is 7.70. The molecule has 2 amide bonds. The molecule has 0 radical (unpaired) electrons. The highest BCUT2D eigenvalue weighted by atomic mass is 19.1. The van der Waals surface area contributed by atoms with Gasteiger partial charge in [0.1, 0.15) is 11.6 Å². The smallest absolute Gasteiger partial charge is 0.324 e. The molecule has 1 atom stereocenters. The lowest BCUT2D eigenvalue weighted by Crippen LogP contribution is -2.49. The SMILES string of the molecule is COC(=O)[C@H]1CC[C@@H](Oc2cc(F)cc(N3C[C@@H]4CNCCN4C3=O)c2)CC1. The molecule has 3 fully saturated rings. The summed E-state index contributed by atoms with van der Waals surface area (Å²) in [6.07, 6.45) is 2.77. The van der Waals surface area contributed by atoms with Crippen molar-refractivity contribution in [1.29, 1.82) is 0 Å². The molecule has 0 aromatic heterocycles. The second-order valence-electron chi connectivity index (χ2n) is 7.70. The molecule has 0 unspecified atom stereocenters. The van der Waals surface area contributed by atoms with Crippen molar-refractivity contribution in [2.75, 3.05) is 38.2 Å². The van der Waals surface area contributed by atoms with Gasteiger partial charge in [-0.15, -0.1) is 0 Å². The number of nitrogens with one attached hydrogen (secondary N) is 1. The number of hydrogen-bond acceptors (Lipinski definition) is 5. The van der Waals surface area contributed by atoms with Crippen molar-refractivity contribution >= 4 is 17.7 Å². The summed E-state index contributed by atoms with van der Waals surface area (Å²) in [7, 11) is 1.40. The number of amides is 2. The van der Waals surface area contributed by atoms with E-state index in [1.165, 1.54) is 19.2 Å². The van der Waals surface area contributed by atoms with Crippen molar-refractivity contribution in [2.45, 2.75) is 37.8 Å². The van der Waals surface area contributed by atoms with Gasteiger partial charge in [-0.3, -0.25) is 9.69 Å². The summed E-state index contributed by atoms with van der Waals surface area (Å²) in [5.74, 6) is -0.259. The van der Waals surface area contributed by atoms with Crippen LogP contribution in [-0.2, 0) is 9.53 Å². The Labute approximate surface area is 163 Å². The van der Waals surface area contributed by atoms with Gasteiger partial charge in [0.05, 0.1) is 30.9 Å². The third-order valence-electron chi connectivity index (χ3n) is 5.90. The van der Waals surface area contributed by atoms with Crippen molar-refractivity contribution in [3.63, 3.8) is 0 Å². The zero-order valence-electron chi connectivity index (χ0n) is 16.0. The Kier molecular flexibility index (Phi) is 5.39. The minimum Gasteiger partial charge on any atom is -0.490 e. The number of carbonyl (C=O) groups excluding carboxylic acids is 2. The van der Waals surface area contributed by atoms with Gasteiger partial charge in [0.2, 0.25) is 0 Å². The van der Waals surface area contributed by atoms with E-state index < -0.39 is 5.82 Å². The highest BCUT2D eigenvalue weighted by Crippen LogP contribution is 2.32. The zero-order chi connectivity index (χ0) is 19.7. The summed E-state index contributed by atoms with van der Waals surface area (Å²) in [5, 5.41) is 3.29. The average molecular weight is 391 g/mol. The fourth-order valence-electron chi connectivity index (χ4n) is 4.38. The number of urea groups is 1. The summed E-state index contributed by atoms with van der Waals surface area (Å²) in [5.41, 5.74) is 0.526. The molecule has 0 spiro atoms. The Morgan fingerprint density at radius 3 is 2.71 bits per heavy atom. The van der Waals surface area contributed by atoms with E-state index in [1.54, 1.807) is 11.0 Å². The number of fused-ring (bicyclic) bond motifs is 1. The number of ether oxygens (including phenoxy) is 2. The largest absolute Gasteiger partial charge is 0.490 e. The topological polar surface area (TPSA) is 71.1 Å². The van der Waals surface area contributed by atoms with Gasteiger partial charge in [-0.1, -0.05) is 0 Å². The Morgan fingerprint density at radius 1 is 1.21 bits per heavy atom. The molecule has 3 aliphatic rings. The lowest BCUT2D eigenvalue weighted by atomic mass is 9.87. The van der Waals surface area contributed by atoms with E-state index in [2.05, 4.69) is 5.32 Å². The number of methoxy groups -OCH3 is 1. The summed E-state index contributed by atoms with van der Waals surface area (Å²) in [6.45, 7) is 2.74. The van der Waals surface area contributed by atoms with Crippen LogP contribution in [0.5, 0.6) is 5.75 Å². The number of nitrogens with zero attached hydrogens (tertiary/aromatic N) is 2. The van der Waals surface area contributed by atoms with Gasteiger partial charge in [-0.05, 0) is 31.7 Å². The number of anilines is 1. The molecule has 152 valence electrons. The molecule has 2 heterocycles. The number of rotatable bonds is 4. The molecular weight excluding hydrogens is 365 g/mol. The molecule has 1 aromatic carbocycles. The maximum absolute atomic E-state index is 14.2. The fourth-order valence-corrected chi connectivity index (χ4v) is 4.38. The third-order valence-corrected chi connectivity index (χ3v) is 5.90. The maximum atomic E-state index is 14.2. The minimum absolute atomic E-state index is 0.0691. The molecule has 1 saturated carbocycles. The van der Waals surface area contributed by atoms with E-state index in [0.29, 0.717) is 37.4 Å². The van der Waals surface area contributed by atoms with E-state index in [1.807, 2.05) is 4.90 Å². The van der Waals surface area contributed by atoms with Gasteiger partial charge in [-0.25, -0.2) is 9.18 Å². The zero-order valence-corrected chi connectivity index (χ0v) is 16.0. The summed E-state index contributed by atoms with van der Waals surface area (Å²) < 4.78 is 25.0. The van der Waals surface area contributed by atoms with Crippen LogP contribution in [0.3, 0.4) is 0 Å². The summed E-state index contributed by atoms with van der Waals surface area (Å²) in [6, 6.07) is 4.50. The van der Waals surface area contributed by atoms with Crippen molar-refractivity contribution < 1.29 is 23.5 Å². The first kappa shape index (κ1) is 19.0. The molecule has 1 N–H and O–H groups in total. The molecule has 4 rings (SSSR count). The maximum Gasteiger partial charge on any atom is 0.324 e. The van der Waals surface area contributed by atoms with E-state index in [9.17, 15) is 14.0 Å². The van der Waals surface area contributed by atoms with E-state index in [-0.39, 0.29) is 30.1 Å². The van der Waals surface area contributed by atoms with Crippen LogP contribution in [0.25, 0.3) is 0 Å². The second kappa shape index (κ2) is 7.95. The first-order chi connectivity index (χ1) is 13.5. The number of piperazine rings is 1. The first-order valence-corrected chi connectivity index (χ1v) is 9.89. The molecule has 8 heteroatoms.